The number of nitrogens with zero attached hydrogens (tertiary/aromatic N) is 1. The maximum Gasteiger partial charge on any atom is 0.0745 e. The van der Waals surface area contributed by atoms with Crippen molar-refractivity contribution in [3.8, 4) is 0 Å². The van der Waals surface area contributed by atoms with Crippen molar-refractivity contribution in [3.05, 3.63) is 63.6 Å². The predicted octanol–water partition coefficient (Wildman–Crippen LogP) is 5.28. The topological polar surface area (TPSA) is 24.4 Å². The van der Waals surface area contributed by atoms with E-state index < -0.39 is 0 Å². The number of nitrogens with one attached hydrogen (secondary N) is 1. The summed E-state index contributed by atoms with van der Waals surface area (Å²) in [6.07, 6.45) is 0. The van der Waals surface area contributed by atoms with Crippen LogP contribution in [0, 0.1) is 5.92 Å². The van der Waals surface area contributed by atoms with Gasteiger partial charge in [0.1, 0.15) is 0 Å². The Labute approximate surface area is 141 Å². The van der Waals surface area contributed by atoms with Crippen LogP contribution in [0.15, 0.2) is 47.5 Å². The molecular weight excluding hydrogens is 315 g/mol. The fourth-order valence-corrected chi connectivity index (χ4v) is 2.98. The van der Waals surface area contributed by atoms with E-state index in [9.17, 15) is 0 Å². The zero-order valence-corrected chi connectivity index (χ0v) is 14.1. The second-order valence-corrected chi connectivity index (χ2v) is 6.74. The normalized spacial score (nSPS) is 17.5. The van der Waals surface area contributed by atoms with E-state index in [1.807, 2.05) is 42.5 Å². The fraction of sp³-hybridized carbons (Fsp3) is 0.278. The van der Waals surface area contributed by atoms with Crippen LogP contribution in [0.4, 0.5) is 5.69 Å². The Morgan fingerprint density at radius 2 is 1.86 bits per heavy atom. The molecule has 3 rings (SSSR count). The average Bonchev–Trinajstić information content (AvgIpc) is 2.66. The second-order valence-electron chi connectivity index (χ2n) is 5.87. The standard InChI is InChI=1S/C18H18Cl2N2/c1-11(2)17-10-21-16-7-6-14(20)9-15(16)18(22-17)12-4-3-5-13(19)8-12/h3-9,11,17,21H,10H2,1-2H3/t17-/m1/s1. The van der Waals surface area contributed by atoms with Crippen molar-refractivity contribution >= 4 is 34.6 Å². The van der Waals surface area contributed by atoms with E-state index in [1.165, 1.54) is 0 Å². The molecule has 22 heavy (non-hydrogen) atoms. The van der Waals surface area contributed by atoms with Crippen LogP contribution in [-0.4, -0.2) is 18.3 Å². The summed E-state index contributed by atoms with van der Waals surface area (Å²) in [5.41, 5.74) is 4.05. The van der Waals surface area contributed by atoms with Gasteiger partial charge in [-0.2, -0.15) is 0 Å². The molecule has 1 N–H and O–H groups in total. The highest BCUT2D eigenvalue weighted by molar-refractivity contribution is 6.32. The van der Waals surface area contributed by atoms with Crippen molar-refractivity contribution < 1.29 is 0 Å². The second kappa shape index (κ2) is 6.31. The van der Waals surface area contributed by atoms with Gasteiger partial charge in [-0.25, -0.2) is 0 Å². The Hall–Kier alpha value is -1.51. The molecule has 0 bridgehead atoms. The van der Waals surface area contributed by atoms with E-state index in [0.717, 1.165) is 29.1 Å². The minimum atomic E-state index is 0.208. The van der Waals surface area contributed by atoms with Crippen molar-refractivity contribution in [1.82, 2.24) is 0 Å². The molecule has 1 aliphatic heterocycles. The summed E-state index contributed by atoms with van der Waals surface area (Å²) >= 11 is 12.4. The molecule has 2 nitrogen and oxygen atoms in total. The lowest BCUT2D eigenvalue weighted by atomic mass is 10.00. The number of hydrogen-bond acceptors (Lipinski definition) is 2. The Morgan fingerprint density at radius 1 is 1.09 bits per heavy atom. The molecule has 4 heteroatoms. The molecule has 0 spiro atoms. The summed E-state index contributed by atoms with van der Waals surface area (Å²) in [6, 6.07) is 13.9. The van der Waals surface area contributed by atoms with Gasteiger partial charge < -0.3 is 5.32 Å². The first-order chi connectivity index (χ1) is 10.5. The quantitative estimate of drug-likeness (QED) is 0.794. The van der Waals surface area contributed by atoms with Crippen molar-refractivity contribution in [1.29, 1.82) is 0 Å². The lowest BCUT2D eigenvalue weighted by molar-refractivity contribution is 0.516. The number of benzodiazepines with no additional fused rings is 1. The Bertz CT molecular complexity index is 723. The van der Waals surface area contributed by atoms with Crippen molar-refractivity contribution in [2.24, 2.45) is 10.9 Å². The van der Waals surface area contributed by atoms with E-state index in [0.29, 0.717) is 16.0 Å². The van der Waals surface area contributed by atoms with Gasteiger partial charge in [0.05, 0.1) is 11.8 Å². The molecule has 0 saturated carbocycles. The molecule has 0 saturated heterocycles. The van der Waals surface area contributed by atoms with Crippen molar-refractivity contribution in [2.45, 2.75) is 19.9 Å². The highest BCUT2D eigenvalue weighted by Crippen LogP contribution is 2.28. The van der Waals surface area contributed by atoms with Crippen LogP contribution in [0.1, 0.15) is 25.0 Å². The minimum absolute atomic E-state index is 0.208. The van der Waals surface area contributed by atoms with Crippen LogP contribution in [0.25, 0.3) is 0 Å². The highest BCUT2D eigenvalue weighted by Gasteiger charge is 2.21. The van der Waals surface area contributed by atoms with Crippen LogP contribution < -0.4 is 5.32 Å². The molecule has 0 radical (unpaired) electrons. The molecule has 0 aliphatic carbocycles. The summed E-state index contributed by atoms with van der Waals surface area (Å²) in [6.45, 7) is 5.19. The van der Waals surface area contributed by atoms with Crippen LogP contribution in [0.5, 0.6) is 0 Å². The molecule has 1 aliphatic rings. The van der Waals surface area contributed by atoms with Gasteiger partial charge >= 0.3 is 0 Å². The van der Waals surface area contributed by atoms with Gasteiger partial charge in [0, 0.05) is 33.4 Å². The molecule has 1 atom stereocenters. The number of fused-ring (bicyclic) bond motifs is 1. The minimum Gasteiger partial charge on any atom is -0.382 e. The lowest BCUT2D eigenvalue weighted by Gasteiger charge is -2.16. The summed E-state index contributed by atoms with van der Waals surface area (Å²) in [5, 5.41) is 4.91. The summed E-state index contributed by atoms with van der Waals surface area (Å²) in [7, 11) is 0. The van der Waals surface area contributed by atoms with Gasteiger partial charge in [0.15, 0.2) is 0 Å². The summed E-state index contributed by atoms with van der Waals surface area (Å²) in [5.74, 6) is 0.450. The van der Waals surface area contributed by atoms with Crippen LogP contribution in [-0.2, 0) is 0 Å². The Morgan fingerprint density at radius 3 is 2.59 bits per heavy atom. The average molecular weight is 333 g/mol. The number of halogens is 2. The van der Waals surface area contributed by atoms with Gasteiger partial charge in [-0.3, -0.25) is 4.99 Å². The first-order valence-corrected chi connectivity index (χ1v) is 8.17. The number of rotatable bonds is 2. The first kappa shape index (κ1) is 15.4. The molecule has 1 heterocycles. The third kappa shape index (κ3) is 3.13. The van der Waals surface area contributed by atoms with Crippen molar-refractivity contribution in [3.63, 3.8) is 0 Å². The van der Waals surface area contributed by atoms with Gasteiger partial charge in [0.2, 0.25) is 0 Å². The van der Waals surface area contributed by atoms with Gasteiger partial charge in [-0.15, -0.1) is 0 Å². The molecule has 0 unspecified atom stereocenters. The smallest absolute Gasteiger partial charge is 0.0745 e. The van der Waals surface area contributed by atoms with E-state index >= 15 is 0 Å². The monoisotopic (exact) mass is 332 g/mol. The molecule has 0 fully saturated rings. The van der Waals surface area contributed by atoms with Crippen molar-refractivity contribution in [2.75, 3.05) is 11.9 Å². The number of aliphatic imine (C=N–C) groups is 1. The third-order valence-electron chi connectivity index (χ3n) is 3.90. The molecule has 2 aromatic rings. The zero-order valence-electron chi connectivity index (χ0n) is 12.6. The summed E-state index contributed by atoms with van der Waals surface area (Å²) in [4.78, 5) is 5.01. The number of hydrogen-bond donors (Lipinski definition) is 1. The Balaban J connectivity index is 2.18. The number of anilines is 1. The predicted molar refractivity (Wildman–Crippen MR) is 95.7 cm³/mol. The van der Waals surface area contributed by atoms with Crippen LogP contribution in [0.3, 0.4) is 0 Å². The maximum atomic E-state index is 6.20. The molecule has 0 amide bonds. The maximum absolute atomic E-state index is 6.20. The van der Waals surface area contributed by atoms with E-state index in [1.54, 1.807) is 0 Å². The van der Waals surface area contributed by atoms with E-state index in [2.05, 4.69) is 19.2 Å². The molecule has 114 valence electrons. The van der Waals surface area contributed by atoms with Crippen LogP contribution >= 0.6 is 23.2 Å². The zero-order chi connectivity index (χ0) is 15.7. The highest BCUT2D eigenvalue weighted by atomic mass is 35.5. The SMILES string of the molecule is CC(C)[C@H]1CNc2ccc(Cl)cc2C(c2cccc(Cl)c2)=N1. The molecule has 0 aromatic heterocycles. The number of benzene rings is 2. The molecule has 2 aromatic carbocycles. The fourth-order valence-electron chi connectivity index (χ4n) is 2.61. The van der Waals surface area contributed by atoms with Gasteiger partial charge in [-0.05, 0) is 36.2 Å². The van der Waals surface area contributed by atoms with Gasteiger partial charge in [-0.1, -0.05) is 49.2 Å². The summed E-state index contributed by atoms with van der Waals surface area (Å²) < 4.78 is 0. The van der Waals surface area contributed by atoms with Gasteiger partial charge in [0.25, 0.3) is 0 Å². The lowest BCUT2D eigenvalue weighted by Crippen LogP contribution is -2.22. The van der Waals surface area contributed by atoms with E-state index in [-0.39, 0.29) is 6.04 Å². The largest absolute Gasteiger partial charge is 0.382 e. The first-order valence-electron chi connectivity index (χ1n) is 7.42. The Kier molecular flexibility index (Phi) is 4.42. The third-order valence-corrected chi connectivity index (χ3v) is 4.37. The van der Waals surface area contributed by atoms with Crippen LogP contribution in [0.2, 0.25) is 10.0 Å². The van der Waals surface area contributed by atoms with E-state index in [4.69, 9.17) is 28.2 Å². The molecular formula is C18H18Cl2N2.